The highest BCUT2D eigenvalue weighted by Gasteiger charge is 2.22. The molecule has 0 radical (unpaired) electrons. The second-order valence-electron chi connectivity index (χ2n) is 4.63. The lowest BCUT2D eigenvalue weighted by Gasteiger charge is -2.30. The molecule has 1 amide bonds. The summed E-state index contributed by atoms with van der Waals surface area (Å²) in [6, 6.07) is 5.16. The van der Waals surface area contributed by atoms with E-state index in [0.717, 1.165) is 10.9 Å². The number of amides is 1. The van der Waals surface area contributed by atoms with Gasteiger partial charge in [-0.2, -0.15) is 0 Å². The van der Waals surface area contributed by atoms with Crippen molar-refractivity contribution in [3.05, 3.63) is 34.1 Å². The largest absolute Gasteiger partial charge is 0.344 e. The molecule has 1 saturated heterocycles. The predicted molar refractivity (Wildman–Crippen MR) is 71.6 cm³/mol. The van der Waals surface area contributed by atoms with Crippen LogP contribution in [-0.2, 0) is 11.3 Å². The van der Waals surface area contributed by atoms with E-state index >= 15 is 0 Å². The van der Waals surface area contributed by atoms with Crippen LogP contribution in [0.5, 0.6) is 0 Å². The minimum Gasteiger partial charge on any atom is -0.344 e. The fourth-order valence-electron chi connectivity index (χ4n) is 2.11. The van der Waals surface area contributed by atoms with Gasteiger partial charge in [0.05, 0.1) is 0 Å². The Labute approximate surface area is 114 Å². The maximum atomic E-state index is 13.5. The molecule has 98 valence electrons. The fourth-order valence-corrected chi connectivity index (χ4v) is 2.52. The monoisotopic (exact) mass is 314 g/mol. The van der Waals surface area contributed by atoms with Crippen LogP contribution in [-0.4, -0.2) is 30.4 Å². The molecule has 18 heavy (non-hydrogen) atoms. The number of halogens is 2. The SMILES string of the molecule is CN1CC(NCc2cc(Br)ccc2F)CCC1=O. The highest BCUT2D eigenvalue weighted by Crippen LogP contribution is 2.16. The lowest BCUT2D eigenvalue weighted by Crippen LogP contribution is -2.46. The van der Waals surface area contributed by atoms with Crippen LogP contribution >= 0.6 is 15.9 Å². The maximum Gasteiger partial charge on any atom is 0.222 e. The summed E-state index contributed by atoms with van der Waals surface area (Å²) < 4.78 is 14.4. The number of nitrogens with one attached hydrogen (secondary N) is 1. The van der Waals surface area contributed by atoms with Gasteiger partial charge in [0.25, 0.3) is 0 Å². The van der Waals surface area contributed by atoms with Gasteiger partial charge in [-0.1, -0.05) is 15.9 Å². The van der Waals surface area contributed by atoms with Gasteiger partial charge in [0, 0.05) is 42.6 Å². The van der Waals surface area contributed by atoms with Crippen molar-refractivity contribution in [3.63, 3.8) is 0 Å². The van der Waals surface area contributed by atoms with Crippen molar-refractivity contribution in [2.45, 2.75) is 25.4 Å². The molecule has 0 saturated carbocycles. The molecule has 0 aromatic heterocycles. The Kier molecular flexibility index (Phi) is 4.35. The molecular weight excluding hydrogens is 299 g/mol. The maximum absolute atomic E-state index is 13.5. The minimum atomic E-state index is -0.203. The van der Waals surface area contributed by atoms with Crippen molar-refractivity contribution in [1.29, 1.82) is 0 Å². The van der Waals surface area contributed by atoms with Gasteiger partial charge < -0.3 is 10.2 Å². The van der Waals surface area contributed by atoms with Gasteiger partial charge >= 0.3 is 0 Å². The summed E-state index contributed by atoms with van der Waals surface area (Å²) >= 11 is 3.33. The first-order valence-electron chi connectivity index (χ1n) is 5.97. The van der Waals surface area contributed by atoms with Crippen LogP contribution in [0.3, 0.4) is 0 Å². The molecule has 1 fully saturated rings. The van der Waals surface area contributed by atoms with Crippen LogP contribution < -0.4 is 5.32 Å². The zero-order valence-electron chi connectivity index (χ0n) is 10.2. The van der Waals surface area contributed by atoms with E-state index in [-0.39, 0.29) is 17.8 Å². The Morgan fingerprint density at radius 3 is 3.06 bits per heavy atom. The van der Waals surface area contributed by atoms with Gasteiger partial charge in [-0.25, -0.2) is 4.39 Å². The van der Waals surface area contributed by atoms with Crippen molar-refractivity contribution in [2.75, 3.05) is 13.6 Å². The van der Waals surface area contributed by atoms with E-state index in [1.165, 1.54) is 6.07 Å². The van der Waals surface area contributed by atoms with Crippen molar-refractivity contribution in [3.8, 4) is 0 Å². The van der Waals surface area contributed by atoms with Gasteiger partial charge in [-0.3, -0.25) is 4.79 Å². The summed E-state index contributed by atoms with van der Waals surface area (Å²) in [6.45, 7) is 1.17. The molecule has 0 spiro atoms. The van der Waals surface area contributed by atoms with Crippen molar-refractivity contribution in [2.24, 2.45) is 0 Å². The Hall–Kier alpha value is -0.940. The molecule has 1 N–H and O–H groups in total. The molecule has 1 aromatic rings. The van der Waals surface area contributed by atoms with Crippen molar-refractivity contribution in [1.82, 2.24) is 10.2 Å². The zero-order valence-corrected chi connectivity index (χ0v) is 11.8. The van der Waals surface area contributed by atoms with Gasteiger partial charge in [0.2, 0.25) is 5.91 Å². The minimum absolute atomic E-state index is 0.182. The number of likely N-dealkylation sites (N-methyl/N-ethyl adjacent to an activating group) is 1. The van der Waals surface area contributed by atoms with Crippen LogP contribution in [0.4, 0.5) is 4.39 Å². The number of hydrogen-bond acceptors (Lipinski definition) is 2. The summed E-state index contributed by atoms with van der Waals surface area (Å²) in [5.74, 6) is -0.0207. The zero-order chi connectivity index (χ0) is 13.1. The highest BCUT2D eigenvalue weighted by atomic mass is 79.9. The Bertz CT molecular complexity index is 453. The third-order valence-electron chi connectivity index (χ3n) is 3.22. The number of hydrogen-bond donors (Lipinski definition) is 1. The molecular formula is C13H16BrFN2O. The van der Waals surface area contributed by atoms with Crippen LogP contribution in [0, 0.1) is 5.82 Å². The molecule has 1 aromatic carbocycles. The number of piperidine rings is 1. The van der Waals surface area contributed by atoms with E-state index in [4.69, 9.17) is 0 Å². The van der Waals surface area contributed by atoms with Crippen molar-refractivity contribution < 1.29 is 9.18 Å². The quantitative estimate of drug-likeness (QED) is 0.928. The summed E-state index contributed by atoms with van der Waals surface area (Å²) in [5, 5.41) is 3.30. The molecule has 3 nitrogen and oxygen atoms in total. The first kappa shape index (κ1) is 13.5. The molecule has 5 heteroatoms. The topological polar surface area (TPSA) is 32.3 Å². The predicted octanol–water partition coefficient (Wildman–Crippen LogP) is 2.30. The Morgan fingerprint density at radius 1 is 1.56 bits per heavy atom. The number of benzene rings is 1. The van der Waals surface area contributed by atoms with Crippen molar-refractivity contribution >= 4 is 21.8 Å². The average Bonchev–Trinajstić information content (AvgIpc) is 2.34. The van der Waals surface area contributed by atoms with E-state index in [0.29, 0.717) is 25.1 Å². The molecule has 0 bridgehead atoms. The molecule has 1 atom stereocenters. The second-order valence-corrected chi connectivity index (χ2v) is 5.54. The summed E-state index contributed by atoms with van der Waals surface area (Å²) in [4.78, 5) is 13.1. The van der Waals surface area contributed by atoms with E-state index in [9.17, 15) is 9.18 Å². The lowest BCUT2D eigenvalue weighted by atomic mass is 10.1. The third kappa shape index (κ3) is 3.29. The number of carbonyl (C=O) groups excluding carboxylic acids is 1. The van der Waals surface area contributed by atoms with Gasteiger partial charge in [-0.15, -0.1) is 0 Å². The van der Waals surface area contributed by atoms with Gasteiger partial charge in [-0.05, 0) is 24.6 Å². The van der Waals surface area contributed by atoms with Crippen LogP contribution in [0.1, 0.15) is 18.4 Å². The molecule has 1 aliphatic rings. The van der Waals surface area contributed by atoms with E-state index in [1.807, 2.05) is 0 Å². The highest BCUT2D eigenvalue weighted by molar-refractivity contribution is 9.10. The van der Waals surface area contributed by atoms with Crippen LogP contribution in [0.15, 0.2) is 22.7 Å². The summed E-state index contributed by atoms with van der Waals surface area (Å²) in [6.07, 6.45) is 1.38. The van der Waals surface area contributed by atoms with E-state index < -0.39 is 0 Å². The number of carbonyl (C=O) groups is 1. The fraction of sp³-hybridized carbons (Fsp3) is 0.462. The molecule has 2 rings (SSSR count). The molecule has 1 aliphatic heterocycles. The summed E-state index contributed by atoms with van der Waals surface area (Å²) in [5.41, 5.74) is 0.643. The molecule has 1 heterocycles. The third-order valence-corrected chi connectivity index (χ3v) is 3.71. The second kappa shape index (κ2) is 5.80. The van der Waals surface area contributed by atoms with Gasteiger partial charge in [0.15, 0.2) is 0 Å². The first-order chi connectivity index (χ1) is 8.56. The number of nitrogens with zero attached hydrogens (tertiary/aromatic N) is 1. The Balaban J connectivity index is 1.91. The van der Waals surface area contributed by atoms with Crippen LogP contribution in [0.2, 0.25) is 0 Å². The van der Waals surface area contributed by atoms with E-state index in [1.54, 1.807) is 24.1 Å². The average molecular weight is 315 g/mol. The smallest absolute Gasteiger partial charge is 0.222 e. The number of likely N-dealkylation sites (tertiary alicyclic amines) is 1. The molecule has 1 unspecified atom stereocenters. The van der Waals surface area contributed by atoms with E-state index in [2.05, 4.69) is 21.2 Å². The summed E-state index contributed by atoms with van der Waals surface area (Å²) in [7, 11) is 1.80. The number of rotatable bonds is 3. The standard InChI is InChI=1S/C13H16BrFN2O/c1-17-8-11(3-5-13(17)18)16-7-9-6-10(14)2-4-12(9)15/h2,4,6,11,16H,3,5,7-8H2,1H3. The van der Waals surface area contributed by atoms with Gasteiger partial charge in [0.1, 0.15) is 5.82 Å². The lowest BCUT2D eigenvalue weighted by molar-refractivity contribution is -0.132. The normalized spacial score (nSPS) is 20.3. The Morgan fingerprint density at radius 2 is 2.33 bits per heavy atom. The molecule has 0 aliphatic carbocycles. The first-order valence-corrected chi connectivity index (χ1v) is 6.77. The van der Waals surface area contributed by atoms with Crippen LogP contribution in [0.25, 0.3) is 0 Å².